The highest BCUT2D eigenvalue weighted by Gasteiger charge is 2.33. The number of carbonyl (C=O) groups is 1. The molecular formula is C18H35N3O4S. The van der Waals surface area contributed by atoms with Crippen molar-refractivity contribution in [1.82, 2.24) is 14.9 Å². The fourth-order valence-electron chi connectivity index (χ4n) is 3.35. The molecule has 0 aromatic rings. The van der Waals surface area contributed by atoms with Gasteiger partial charge in [-0.15, -0.1) is 0 Å². The minimum Gasteiger partial charge on any atom is -0.379 e. The van der Waals surface area contributed by atoms with Crippen molar-refractivity contribution in [2.24, 2.45) is 5.92 Å². The van der Waals surface area contributed by atoms with Crippen molar-refractivity contribution in [3.8, 4) is 0 Å². The summed E-state index contributed by atoms with van der Waals surface area (Å²) in [5.74, 6) is 0.123. The molecule has 0 spiro atoms. The van der Waals surface area contributed by atoms with E-state index in [1.807, 2.05) is 0 Å². The van der Waals surface area contributed by atoms with Gasteiger partial charge in [-0.1, -0.05) is 0 Å². The van der Waals surface area contributed by atoms with Crippen LogP contribution >= 0.6 is 0 Å². The molecule has 7 nitrogen and oxygen atoms in total. The molecule has 8 heteroatoms. The molecule has 0 atom stereocenters. The third-order valence-corrected chi connectivity index (χ3v) is 7.54. The zero-order valence-corrected chi connectivity index (χ0v) is 17.2. The van der Waals surface area contributed by atoms with Gasteiger partial charge in [-0.3, -0.25) is 9.69 Å². The molecule has 2 aliphatic rings. The van der Waals surface area contributed by atoms with Crippen LogP contribution in [0, 0.1) is 5.92 Å². The van der Waals surface area contributed by atoms with Crippen molar-refractivity contribution in [2.75, 3.05) is 39.4 Å². The molecule has 2 fully saturated rings. The van der Waals surface area contributed by atoms with Gasteiger partial charge in [0, 0.05) is 31.6 Å². The van der Waals surface area contributed by atoms with E-state index in [2.05, 4.69) is 14.9 Å². The lowest BCUT2D eigenvalue weighted by molar-refractivity contribution is -0.126. The van der Waals surface area contributed by atoms with Crippen LogP contribution in [0.5, 0.6) is 0 Å². The molecule has 2 rings (SSSR count). The molecular weight excluding hydrogens is 354 g/mol. The average molecular weight is 390 g/mol. The van der Waals surface area contributed by atoms with Gasteiger partial charge in [0.1, 0.15) is 0 Å². The van der Waals surface area contributed by atoms with E-state index in [1.54, 1.807) is 20.8 Å². The van der Waals surface area contributed by atoms with Crippen LogP contribution in [0.3, 0.4) is 0 Å². The van der Waals surface area contributed by atoms with Gasteiger partial charge < -0.3 is 10.1 Å². The second kappa shape index (κ2) is 9.48. The number of carbonyl (C=O) groups excluding carboxylic acids is 1. The Hall–Kier alpha value is -0.700. The second-order valence-electron chi connectivity index (χ2n) is 8.38. The van der Waals surface area contributed by atoms with Gasteiger partial charge in [-0.2, -0.15) is 0 Å². The maximum absolute atomic E-state index is 12.3. The number of hydrogen-bond acceptors (Lipinski definition) is 5. The highest BCUT2D eigenvalue weighted by molar-refractivity contribution is 7.90. The van der Waals surface area contributed by atoms with Crippen molar-refractivity contribution >= 4 is 15.9 Å². The standard InChI is InChI=1S/C18H35N3O4S/c1-18(2,3)26(23,24)20-16-7-5-15(6-8-16)17(22)19-9-4-10-21-11-13-25-14-12-21/h15-16,20H,4-14H2,1-3H3,(H,19,22)/t15-,16-. The van der Waals surface area contributed by atoms with Gasteiger partial charge >= 0.3 is 0 Å². The third-order valence-electron chi connectivity index (χ3n) is 5.28. The highest BCUT2D eigenvalue weighted by atomic mass is 32.2. The van der Waals surface area contributed by atoms with Crippen molar-refractivity contribution in [1.29, 1.82) is 0 Å². The van der Waals surface area contributed by atoms with Crippen LogP contribution in [-0.2, 0) is 19.6 Å². The van der Waals surface area contributed by atoms with Gasteiger partial charge in [0.2, 0.25) is 15.9 Å². The number of rotatable bonds is 7. The smallest absolute Gasteiger partial charge is 0.223 e. The first-order valence-electron chi connectivity index (χ1n) is 9.79. The molecule has 0 aromatic carbocycles. The molecule has 1 aliphatic heterocycles. The van der Waals surface area contributed by atoms with E-state index >= 15 is 0 Å². The predicted octanol–water partition coefficient (Wildman–Crippen LogP) is 1.10. The third kappa shape index (κ3) is 6.48. The molecule has 1 heterocycles. The van der Waals surface area contributed by atoms with Crippen LogP contribution in [0.1, 0.15) is 52.9 Å². The number of nitrogens with one attached hydrogen (secondary N) is 2. The molecule has 1 saturated heterocycles. The Morgan fingerprint density at radius 3 is 2.31 bits per heavy atom. The Morgan fingerprint density at radius 1 is 1.12 bits per heavy atom. The molecule has 0 radical (unpaired) electrons. The van der Waals surface area contributed by atoms with Crippen LogP contribution < -0.4 is 10.0 Å². The number of ether oxygens (including phenoxy) is 1. The minimum atomic E-state index is -3.33. The molecule has 0 unspecified atom stereocenters. The SMILES string of the molecule is CC(C)(C)S(=O)(=O)N[C@H]1CC[C@H](C(=O)NCCCN2CCOCC2)CC1. The fraction of sp³-hybridized carbons (Fsp3) is 0.944. The zero-order chi connectivity index (χ0) is 19.2. The van der Waals surface area contributed by atoms with Gasteiger partial charge in [-0.05, 0) is 59.4 Å². The molecule has 26 heavy (non-hydrogen) atoms. The number of sulfonamides is 1. The Kier molecular flexibility index (Phi) is 7.88. The summed E-state index contributed by atoms with van der Waals surface area (Å²) in [5.41, 5.74) is 0. The number of nitrogens with zero attached hydrogens (tertiary/aromatic N) is 1. The summed E-state index contributed by atoms with van der Waals surface area (Å²) in [6.45, 7) is 10.3. The Bertz CT molecular complexity index is 545. The first-order valence-corrected chi connectivity index (χ1v) is 11.3. The normalized spacial score (nSPS) is 25.8. The average Bonchev–Trinajstić information content (AvgIpc) is 2.59. The zero-order valence-electron chi connectivity index (χ0n) is 16.4. The van der Waals surface area contributed by atoms with Gasteiger partial charge in [0.05, 0.1) is 18.0 Å². The molecule has 1 saturated carbocycles. The topological polar surface area (TPSA) is 87.7 Å². The largest absolute Gasteiger partial charge is 0.379 e. The number of morpholine rings is 1. The summed E-state index contributed by atoms with van der Waals surface area (Å²) < 4.78 is 31.8. The van der Waals surface area contributed by atoms with Crippen molar-refractivity contribution in [3.63, 3.8) is 0 Å². The maximum Gasteiger partial charge on any atom is 0.223 e. The van der Waals surface area contributed by atoms with E-state index in [0.717, 1.165) is 65.0 Å². The van der Waals surface area contributed by atoms with Crippen molar-refractivity contribution < 1.29 is 17.9 Å². The van der Waals surface area contributed by atoms with E-state index in [0.29, 0.717) is 6.54 Å². The van der Waals surface area contributed by atoms with Crippen LogP contribution in [0.2, 0.25) is 0 Å². The van der Waals surface area contributed by atoms with Crippen LogP contribution in [0.4, 0.5) is 0 Å². The first kappa shape index (κ1) is 21.6. The summed E-state index contributed by atoms with van der Waals surface area (Å²) in [5, 5.41) is 3.04. The Balaban J connectivity index is 1.63. The lowest BCUT2D eigenvalue weighted by Gasteiger charge is -2.31. The summed E-state index contributed by atoms with van der Waals surface area (Å²) in [7, 11) is -3.33. The lowest BCUT2D eigenvalue weighted by atomic mass is 9.86. The van der Waals surface area contributed by atoms with Gasteiger partial charge in [0.15, 0.2) is 0 Å². The maximum atomic E-state index is 12.3. The molecule has 1 aliphatic carbocycles. The number of hydrogen-bond donors (Lipinski definition) is 2. The molecule has 2 N–H and O–H groups in total. The van der Waals surface area contributed by atoms with Crippen LogP contribution in [-0.4, -0.2) is 69.4 Å². The quantitative estimate of drug-likeness (QED) is 0.637. The van der Waals surface area contributed by atoms with E-state index in [9.17, 15) is 13.2 Å². The van der Waals surface area contributed by atoms with Crippen LogP contribution in [0.25, 0.3) is 0 Å². The van der Waals surface area contributed by atoms with E-state index in [4.69, 9.17) is 4.74 Å². The monoisotopic (exact) mass is 389 g/mol. The van der Waals surface area contributed by atoms with E-state index in [-0.39, 0.29) is 17.9 Å². The summed E-state index contributed by atoms with van der Waals surface area (Å²) >= 11 is 0. The summed E-state index contributed by atoms with van der Waals surface area (Å²) in [6, 6.07) is -0.0513. The number of amides is 1. The van der Waals surface area contributed by atoms with Crippen molar-refractivity contribution in [2.45, 2.75) is 63.7 Å². The fourth-order valence-corrected chi connectivity index (χ4v) is 4.38. The van der Waals surface area contributed by atoms with Crippen molar-refractivity contribution in [3.05, 3.63) is 0 Å². The predicted molar refractivity (Wildman–Crippen MR) is 102 cm³/mol. The summed E-state index contributed by atoms with van der Waals surface area (Å²) in [6.07, 6.45) is 3.88. The second-order valence-corrected chi connectivity index (χ2v) is 10.8. The van der Waals surface area contributed by atoms with E-state index in [1.165, 1.54) is 0 Å². The Morgan fingerprint density at radius 2 is 1.73 bits per heavy atom. The molecule has 0 aromatic heterocycles. The first-order chi connectivity index (χ1) is 12.2. The van der Waals surface area contributed by atoms with Gasteiger partial charge in [-0.25, -0.2) is 13.1 Å². The lowest BCUT2D eigenvalue weighted by Crippen LogP contribution is -2.46. The minimum absolute atomic E-state index is 0.00813. The van der Waals surface area contributed by atoms with Crippen LogP contribution in [0.15, 0.2) is 0 Å². The van der Waals surface area contributed by atoms with E-state index < -0.39 is 14.8 Å². The summed E-state index contributed by atoms with van der Waals surface area (Å²) in [4.78, 5) is 14.7. The Labute approximate surface area is 158 Å². The van der Waals surface area contributed by atoms with Gasteiger partial charge in [0.25, 0.3) is 0 Å². The molecule has 0 bridgehead atoms. The molecule has 152 valence electrons. The molecule has 1 amide bonds. The highest BCUT2D eigenvalue weighted by Crippen LogP contribution is 2.26.